The SMILES string of the molecule is CCC(C)(NC(=O)c1ccc(C(=O)O)s1)c1nc(C)cs1. The number of thiophene rings is 1. The molecule has 21 heavy (non-hydrogen) atoms. The van der Waals surface area contributed by atoms with Gasteiger partial charge in [0.1, 0.15) is 9.88 Å². The molecule has 0 saturated heterocycles. The lowest BCUT2D eigenvalue weighted by Crippen LogP contribution is -2.42. The number of aromatic carboxylic acids is 1. The van der Waals surface area contributed by atoms with Gasteiger partial charge in [-0.15, -0.1) is 22.7 Å². The van der Waals surface area contributed by atoms with E-state index in [-0.39, 0.29) is 10.8 Å². The van der Waals surface area contributed by atoms with Crippen LogP contribution in [-0.4, -0.2) is 22.0 Å². The van der Waals surface area contributed by atoms with Crippen LogP contribution >= 0.6 is 22.7 Å². The molecule has 2 N–H and O–H groups in total. The fraction of sp³-hybridized carbons (Fsp3) is 0.357. The average Bonchev–Trinajstić information content (AvgIpc) is 3.07. The molecule has 0 aliphatic carbocycles. The van der Waals surface area contributed by atoms with E-state index in [1.165, 1.54) is 23.5 Å². The van der Waals surface area contributed by atoms with Crippen LogP contribution < -0.4 is 5.32 Å². The van der Waals surface area contributed by atoms with E-state index >= 15 is 0 Å². The zero-order valence-electron chi connectivity index (χ0n) is 12.0. The average molecular weight is 324 g/mol. The third kappa shape index (κ3) is 3.30. The fourth-order valence-electron chi connectivity index (χ4n) is 1.79. The number of hydrogen-bond acceptors (Lipinski definition) is 5. The summed E-state index contributed by atoms with van der Waals surface area (Å²) in [5.41, 5.74) is 0.372. The number of carbonyl (C=O) groups is 2. The second kappa shape index (κ2) is 5.95. The lowest BCUT2D eigenvalue weighted by Gasteiger charge is -2.27. The molecule has 2 aromatic heterocycles. The van der Waals surface area contributed by atoms with Crippen molar-refractivity contribution in [3.05, 3.63) is 38.0 Å². The summed E-state index contributed by atoms with van der Waals surface area (Å²) in [5, 5.41) is 14.7. The van der Waals surface area contributed by atoms with Gasteiger partial charge < -0.3 is 10.4 Å². The predicted molar refractivity (Wildman–Crippen MR) is 83.2 cm³/mol. The summed E-state index contributed by atoms with van der Waals surface area (Å²) in [7, 11) is 0. The number of carboxylic acids is 1. The summed E-state index contributed by atoms with van der Waals surface area (Å²) >= 11 is 2.48. The Hall–Kier alpha value is -1.73. The molecule has 0 radical (unpaired) electrons. The number of nitrogens with one attached hydrogen (secondary N) is 1. The van der Waals surface area contributed by atoms with Gasteiger partial charge in [0.15, 0.2) is 0 Å². The van der Waals surface area contributed by atoms with Crippen molar-refractivity contribution in [1.29, 1.82) is 0 Å². The monoisotopic (exact) mass is 324 g/mol. The Balaban J connectivity index is 2.21. The van der Waals surface area contributed by atoms with Crippen molar-refractivity contribution in [1.82, 2.24) is 10.3 Å². The van der Waals surface area contributed by atoms with Crippen molar-refractivity contribution in [2.75, 3.05) is 0 Å². The maximum Gasteiger partial charge on any atom is 0.345 e. The predicted octanol–water partition coefficient (Wildman–Crippen LogP) is 3.27. The summed E-state index contributed by atoms with van der Waals surface area (Å²) in [4.78, 5) is 28.2. The standard InChI is InChI=1S/C14H16N2O3S2/c1-4-14(3,13-15-8(2)7-20-13)16-11(17)9-5-6-10(21-9)12(18)19/h5-7H,4H2,1-3H3,(H,16,17)(H,18,19). The molecule has 7 heteroatoms. The fourth-order valence-corrected chi connectivity index (χ4v) is 3.51. The summed E-state index contributed by atoms with van der Waals surface area (Å²) < 4.78 is 0. The van der Waals surface area contributed by atoms with Crippen LogP contribution in [0.15, 0.2) is 17.5 Å². The summed E-state index contributed by atoms with van der Waals surface area (Å²) in [6.07, 6.45) is 0.697. The molecule has 0 aliphatic heterocycles. The molecule has 2 heterocycles. The highest BCUT2D eigenvalue weighted by atomic mass is 32.1. The van der Waals surface area contributed by atoms with E-state index in [0.717, 1.165) is 22.0 Å². The van der Waals surface area contributed by atoms with Gasteiger partial charge in [-0.3, -0.25) is 4.79 Å². The molecule has 0 aliphatic rings. The van der Waals surface area contributed by atoms with Gasteiger partial charge in [-0.1, -0.05) is 6.92 Å². The van der Waals surface area contributed by atoms with Gasteiger partial charge in [-0.05, 0) is 32.4 Å². The van der Waals surface area contributed by atoms with E-state index in [2.05, 4.69) is 10.3 Å². The molecular formula is C14H16N2O3S2. The Morgan fingerprint density at radius 1 is 1.38 bits per heavy atom. The van der Waals surface area contributed by atoms with Crippen LogP contribution in [0, 0.1) is 6.92 Å². The van der Waals surface area contributed by atoms with Crippen molar-refractivity contribution in [2.24, 2.45) is 0 Å². The number of rotatable bonds is 5. The van der Waals surface area contributed by atoms with Gasteiger partial charge in [-0.2, -0.15) is 0 Å². The maximum atomic E-state index is 12.3. The molecule has 0 bridgehead atoms. The van der Waals surface area contributed by atoms with E-state index in [0.29, 0.717) is 11.3 Å². The van der Waals surface area contributed by atoms with Crippen LogP contribution in [0.1, 0.15) is 50.3 Å². The first-order chi connectivity index (χ1) is 9.85. The van der Waals surface area contributed by atoms with Crippen LogP contribution in [0.25, 0.3) is 0 Å². The third-order valence-corrected chi connectivity index (χ3v) is 5.52. The Labute approximate surface area is 130 Å². The lowest BCUT2D eigenvalue weighted by molar-refractivity contribution is 0.0702. The van der Waals surface area contributed by atoms with Gasteiger partial charge in [0, 0.05) is 11.1 Å². The lowest BCUT2D eigenvalue weighted by atomic mass is 9.99. The van der Waals surface area contributed by atoms with Gasteiger partial charge in [0.25, 0.3) is 5.91 Å². The van der Waals surface area contributed by atoms with Gasteiger partial charge >= 0.3 is 5.97 Å². The molecule has 5 nitrogen and oxygen atoms in total. The molecule has 2 rings (SSSR count). The molecule has 1 unspecified atom stereocenters. The number of hydrogen-bond donors (Lipinski definition) is 2. The smallest absolute Gasteiger partial charge is 0.345 e. The zero-order valence-corrected chi connectivity index (χ0v) is 13.6. The number of aromatic nitrogens is 1. The number of thiazole rings is 1. The second-order valence-electron chi connectivity index (χ2n) is 4.90. The van der Waals surface area contributed by atoms with Crippen LogP contribution in [0.3, 0.4) is 0 Å². The van der Waals surface area contributed by atoms with Gasteiger partial charge in [-0.25, -0.2) is 9.78 Å². The molecule has 112 valence electrons. The van der Waals surface area contributed by atoms with Crippen molar-refractivity contribution in [3.8, 4) is 0 Å². The largest absolute Gasteiger partial charge is 0.477 e. The number of carbonyl (C=O) groups excluding carboxylic acids is 1. The van der Waals surface area contributed by atoms with Crippen LogP contribution in [0.4, 0.5) is 0 Å². The van der Waals surface area contributed by atoms with E-state index in [1.54, 1.807) is 0 Å². The summed E-state index contributed by atoms with van der Waals surface area (Å²) in [6.45, 7) is 5.82. The van der Waals surface area contributed by atoms with E-state index in [1.807, 2.05) is 26.2 Å². The third-order valence-electron chi connectivity index (χ3n) is 3.23. The highest BCUT2D eigenvalue weighted by molar-refractivity contribution is 7.15. The highest BCUT2D eigenvalue weighted by Crippen LogP contribution is 2.28. The quantitative estimate of drug-likeness (QED) is 0.884. The minimum absolute atomic E-state index is 0.156. The number of carboxylic acid groups (broad SMARTS) is 1. The van der Waals surface area contributed by atoms with E-state index in [9.17, 15) is 9.59 Å². The van der Waals surface area contributed by atoms with Crippen molar-refractivity contribution >= 4 is 34.6 Å². The molecule has 0 fully saturated rings. The second-order valence-corrected chi connectivity index (χ2v) is 6.84. The zero-order chi connectivity index (χ0) is 15.6. The summed E-state index contributed by atoms with van der Waals surface area (Å²) in [6, 6.07) is 2.98. The van der Waals surface area contributed by atoms with Crippen LogP contribution in [0.5, 0.6) is 0 Å². The molecule has 0 spiro atoms. The highest BCUT2D eigenvalue weighted by Gasteiger charge is 2.30. The van der Waals surface area contributed by atoms with Gasteiger partial charge in [0.2, 0.25) is 0 Å². The molecule has 1 amide bonds. The maximum absolute atomic E-state index is 12.3. The summed E-state index contributed by atoms with van der Waals surface area (Å²) in [5.74, 6) is -1.29. The number of nitrogens with zero attached hydrogens (tertiary/aromatic N) is 1. The Bertz CT molecular complexity index is 677. The Morgan fingerprint density at radius 3 is 2.52 bits per heavy atom. The number of aryl methyl sites for hydroxylation is 1. The topological polar surface area (TPSA) is 79.3 Å². The van der Waals surface area contributed by atoms with Crippen LogP contribution in [-0.2, 0) is 5.54 Å². The minimum atomic E-state index is -1.02. The minimum Gasteiger partial charge on any atom is -0.477 e. The van der Waals surface area contributed by atoms with Crippen molar-refractivity contribution in [3.63, 3.8) is 0 Å². The Morgan fingerprint density at radius 2 is 2.05 bits per heavy atom. The van der Waals surface area contributed by atoms with E-state index in [4.69, 9.17) is 5.11 Å². The first-order valence-corrected chi connectivity index (χ1v) is 8.13. The van der Waals surface area contributed by atoms with E-state index < -0.39 is 11.5 Å². The molecule has 0 saturated carbocycles. The molecular weight excluding hydrogens is 308 g/mol. The molecule has 2 aromatic rings. The Kier molecular flexibility index (Phi) is 4.43. The normalized spacial score (nSPS) is 13.7. The number of amides is 1. The first-order valence-electron chi connectivity index (χ1n) is 6.44. The molecule has 0 aromatic carbocycles. The molecule has 1 atom stereocenters. The van der Waals surface area contributed by atoms with Gasteiger partial charge in [0.05, 0.1) is 10.4 Å². The van der Waals surface area contributed by atoms with Crippen LogP contribution in [0.2, 0.25) is 0 Å². The van der Waals surface area contributed by atoms with Crippen molar-refractivity contribution in [2.45, 2.75) is 32.7 Å². The first kappa shape index (κ1) is 15.7. The van der Waals surface area contributed by atoms with Crippen molar-refractivity contribution < 1.29 is 14.7 Å².